The van der Waals surface area contributed by atoms with Gasteiger partial charge in [-0.05, 0) is 48.5 Å². The van der Waals surface area contributed by atoms with Crippen molar-refractivity contribution in [2.45, 2.75) is 0 Å². The van der Waals surface area contributed by atoms with Gasteiger partial charge in [0.15, 0.2) is 17.1 Å². The fourth-order valence-corrected chi connectivity index (χ4v) is 2.87. The number of para-hydroxylation sites is 1. The van der Waals surface area contributed by atoms with Crippen molar-refractivity contribution in [3.05, 3.63) is 78.2 Å². The topological polar surface area (TPSA) is 123 Å². The summed E-state index contributed by atoms with van der Waals surface area (Å²) in [7, 11) is 1.52. The molecule has 0 bridgehead atoms. The lowest BCUT2D eigenvalue weighted by atomic mass is 10.1. The van der Waals surface area contributed by atoms with Gasteiger partial charge in [0, 0.05) is 11.3 Å². The van der Waals surface area contributed by atoms with Crippen molar-refractivity contribution in [2.75, 3.05) is 12.4 Å². The van der Waals surface area contributed by atoms with Crippen LogP contribution >= 0.6 is 0 Å². The van der Waals surface area contributed by atoms with Crippen molar-refractivity contribution in [1.29, 1.82) is 0 Å². The molecule has 0 radical (unpaired) electrons. The Labute approximate surface area is 176 Å². The minimum absolute atomic E-state index is 0.293. The normalized spacial score (nSPS) is 10.5. The minimum Gasteiger partial charge on any atom is -0.493 e. The third-order valence-electron chi connectivity index (χ3n) is 4.34. The van der Waals surface area contributed by atoms with Gasteiger partial charge in [-0.3, -0.25) is 14.8 Å². The molecule has 1 heterocycles. The van der Waals surface area contributed by atoms with Gasteiger partial charge in [-0.1, -0.05) is 18.2 Å². The van der Waals surface area contributed by atoms with Crippen LogP contribution in [0.3, 0.4) is 0 Å². The number of ether oxygens (including phenoxy) is 2. The Bertz CT molecular complexity index is 1250. The third kappa shape index (κ3) is 4.31. The molecule has 4 rings (SSSR count). The van der Waals surface area contributed by atoms with E-state index in [-0.39, 0.29) is 11.8 Å². The number of carbonyl (C=O) groups is 2. The Hall–Kier alpha value is -4.37. The molecule has 0 atom stereocenters. The highest BCUT2D eigenvalue weighted by Gasteiger charge is 2.16. The second-order valence-electron chi connectivity index (χ2n) is 6.38. The maximum Gasteiger partial charge on any atom is 0.330 e. The lowest BCUT2D eigenvalue weighted by Gasteiger charge is -2.12. The molecule has 31 heavy (non-hydrogen) atoms. The number of rotatable bonds is 6. The van der Waals surface area contributed by atoms with Gasteiger partial charge in [0.2, 0.25) is 0 Å². The average Bonchev–Trinajstić information content (AvgIpc) is 3.22. The largest absolute Gasteiger partial charge is 0.493 e. The molecule has 9 heteroatoms. The van der Waals surface area contributed by atoms with E-state index in [9.17, 15) is 9.59 Å². The molecule has 1 aromatic heterocycles. The highest BCUT2D eigenvalue weighted by Crippen LogP contribution is 2.32. The smallest absolute Gasteiger partial charge is 0.330 e. The molecule has 0 unspecified atom stereocenters. The molecule has 4 aromatic rings. The molecular weight excluding hydrogens is 402 g/mol. The van der Waals surface area contributed by atoms with Crippen LogP contribution in [0.15, 0.2) is 71.1 Å². The number of methoxy groups -OCH3 is 1. The van der Waals surface area contributed by atoms with Gasteiger partial charge < -0.3 is 19.2 Å². The Morgan fingerprint density at radius 3 is 2.52 bits per heavy atom. The first kappa shape index (κ1) is 19.9. The summed E-state index contributed by atoms with van der Waals surface area (Å²) in [5.41, 5.74) is 2.94. The molecule has 0 aliphatic heterocycles. The second kappa shape index (κ2) is 8.56. The van der Waals surface area contributed by atoms with Crippen molar-refractivity contribution in [3.63, 3.8) is 0 Å². The highest BCUT2D eigenvalue weighted by atomic mass is 16.5. The van der Waals surface area contributed by atoms with Crippen LogP contribution in [-0.2, 0) is 0 Å². The Morgan fingerprint density at radius 1 is 0.968 bits per heavy atom. The van der Waals surface area contributed by atoms with E-state index >= 15 is 0 Å². The first-order valence-corrected chi connectivity index (χ1v) is 9.14. The number of hydrogen-bond acceptors (Lipinski definition) is 7. The number of fused-ring (bicyclic) bond motifs is 1. The summed E-state index contributed by atoms with van der Waals surface area (Å²) in [4.78, 5) is 28.2. The van der Waals surface area contributed by atoms with E-state index in [0.29, 0.717) is 39.6 Å². The number of carbonyl (C=O) groups excluding carboxylic acids is 2. The number of amides is 2. The molecule has 0 saturated heterocycles. The number of hydrogen-bond donors (Lipinski definition) is 3. The second-order valence-corrected chi connectivity index (χ2v) is 6.38. The average molecular weight is 419 g/mol. The lowest BCUT2D eigenvalue weighted by molar-refractivity contribution is 0.0671. The molecule has 0 aliphatic carbocycles. The summed E-state index contributed by atoms with van der Waals surface area (Å²) in [6.07, 6.45) is 0. The summed E-state index contributed by atoms with van der Waals surface area (Å²) in [5, 5.41) is 11.5. The monoisotopic (exact) mass is 419 g/mol. The van der Waals surface area contributed by atoms with Crippen LogP contribution in [0.2, 0.25) is 0 Å². The van der Waals surface area contributed by atoms with Crippen molar-refractivity contribution in [1.82, 2.24) is 10.5 Å². The highest BCUT2D eigenvalue weighted by molar-refractivity contribution is 6.05. The van der Waals surface area contributed by atoms with E-state index in [1.54, 1.807) is 48.5 Å². The number of anilines is 1. The van der Waals surface area contributed by atoms with Crippen molar-refractivity contribution in [2.24, 2.45) is 0 Å². The molecule has 0 saturated carbocycles. The summed E-state index contributed by atoms with van der Waals surface area (Å²) in [6.45, 7) is 0. The predicted molar refractivity (Wildman–Crippen MR) is 111 cm³/mol. The first-order chi connectivity index (χ1) is 15.1. The van der Waals surface area contributed by atoms with Gasteiger partial charge in [0.05, 0.1) is 7.11 Å². The molecule has 3 aromatic carbocycles. The van der Waals surface area contributed by atoms with Crippen LogP contribution < -0.4 is 20.3 Å². The van der Waals surface area contributed by atoms with Crippen molar-refractivity contribution in [3.8, 4) is 17.2 Å². The Kier molecular flexibility index (Phi) is 5.50. The fraction of sp³-hybridized carbons (Fsp3) is 0.0455. The number of nitrogens with zero attached hydrogens (tertiary/aromatic N) is 1. The fourth-order valence-electron chi connectivity index (χ4n) is 2.87. The summed E-state index contributed by atoms with van der Waals surface area (Å²) in [6, 6.07) is 18.7. The van der Waals surface area contributed by atoms with Gasteiger partial charge in [-0.15, -0.1) is 0 Å². The van der Waals surface area contributed by atoms with E-state index < -0.39 is 5.91 Å². The number of oxazole rings is 1. The number of hydroxylamine groups is 1. The maximum absolute atomic E-state index is 12.8. The van der Waals surface area contributed by atoms with Crippen LogP contribution in [0, 0.1) is 0 Å². The predicted octanol–water partition coefficient (Wildman–Crippen LogP) is 4.00. The van der Waals surface area contributed by atoms with Crippen LogP contribution in [-0.4, -0.2) is 29.1 Å². The van der Waals surface area contributed by atoms with Gasteiger partial charge >= 0.3 is 5.91 Å². The van der Waals surface area contributed by atoms with Crippen LogP contribution in [0.1, 0.15) is 21.0 Å². The summed E-state index contributed by atoms with van der Waals surface area (Å²) in [5.74, 6) is -0.0498. The molecule has 3 N–H and O–H groups in total. The number of aromatic nitrogens is 1. The Balaban J connectivity index is 1.56. The number of benzene rings is 3. The van der Waals surface area contributed by atoms with Crippen molar-refractivity contribution >= 4 is 28.6 Å². The van der Waals surface area contributed by atoms with Gasteiger partial charge in [0.25, 0.3) is 11.8 Å². The van der Waals surface area contributed by atoms with E-state index in [4.69, 9.17) is 19.1 Å². The standard InChI is InChI=1S/C22H17N3O6/c1-29-18-9-7-13(11-19(18)30-15-5-3-2-4-6-15)20(26)23-14-8-10-17-16(12-14)24-22(31-17)21(27)25-28/h2-12,28H,1H3,(H,23,26)(H,25,27). The molecule has 0 spiro atoms. The first-order valence-electron chi connectivity index (χ1n) is 9.14. The molecule has 0 aliphatic rings. The van der Waals surface area contributed by atoms with Crippen LogP contribution in [0.4, 0.5) is 5.69 Å². The van der Waals surface area contributed by atoms with Gasteiger partial charge in [-0.2, -0.15) is 0 Å². The van der Waals surface area contributed by atoms with Gasteiger partial charge in [0.1, 0.15) is 11.3 Å². The van der Waals surface area contributed by atoms with E-state index in [2.05, 4.69) is 10.3 Å². The Morgan fingerprint density at radius 2 is 1.77 bits per heavy atom. The minimum atomic E-state index is -0.869. The molecule has 2 amide bonds. The number of nitrogens with one attached hydrogen (secondary N) is 2. The third-order valence-corrected chi connectivity index (χ3v) is 4.34. The maximum atomic E-state index is 12.8. The molecule has 156 valence electrons. The van der Waals surface area contributed by atoms with Crippen LogP contribution in [0.5, 0.6) is 17.2 Å². The van der Waals surface area contributed by atoms with Crippen LogP contribution in [0.25, 0.3) is 11.1 Å². The van der Waals surface area contributed by atoms with Gasteiger partial charge in [-0.25, -0.2) is 10.5 Å². The zero-order valence-electron chi connectivity index (χ0n) is 16.3. The van der Waals surface area contributed by atoms with E-state index in [1.807, 2.05) is 18.2 Å². The molecular formula is C22H17N3O6. The lowest BCUT2D eigenvalue weighted by Crippen LogP contribution is -2.18. The van der Waals surface area contributed by atoms with E-state index in [0.717, 1.165) is 0 Å². The summed E-state index contributed by atoms with van der Waals surface area (Å²) >= 11 is 0. The SMILES string of the molecule is COc1ccc(C(=O)Nc2ccc3oc(C(=O)NO)nc3c2)cc1Oc1ccccc1. The quantitative estimate of drug-likeness (QED) is 0.319. The molecule has 9 nitrogen and oxygen atoms in total. The zero-order chi connectivity index (χ0) is 21.8. The molecule has 0 fully saturated rings. The van der Waals surface area contributed by atoms with E-state index in [1.165, 1.54) is 12.6 Å². The zero-order valence-corrected chi connectivity index (χ0v) is 16.3. The summed E-state index contributed by atoms with van der Waals surface area (Å²) < 4.78 is 16.4. The van der Waals surface area contributed by atoms with Crippen molar-refractivity contribution < 1.29 is 28.7 Å².